The van der Waals surface area contributed by atoms with Crippen LogP contribution >= 0.6 is 11.6 Å². The van der Waals surface area contributed by atoms with E-state index in [1.54, 1.807) is 19.1 Å². The van der Waals surface area contributed by atoms with Crippen molar-refractivity contribution in [3.8, 4) is 5.75 Å². The molecule has 5 nitrogen and oxygen atoms in total. The summed E-state index contributed by atoms with van der Waals surface area (Å²) in [5, 5.41) is 0.574. The maximum Gasteiger partial charge on any atom is 0.309 e. The number of ether oxygens (including phenoxy) is 1. The number of benzene rings is 1. The van der Waals surface area contributed by atoms with Gasteiger partial charge >= 0.3 is 16.1 Å². The highest BCUT2D eigenvalue weighted by molar-refractivity contribution is 7.87. The van der Waals surface area contributed by atoms with Gasteiger partial charge in [-0.2, -0.15) is 8.42 Å². The summed E-state index contributed by atoms with van der Waals surface area (Å²) >= 11 is 5.96. The topological polar surface area (TPSA) is 69.7 Å². The van der Waals surface area contributed by atoms with E-state index in [-0.39, 0.29) is 31.0 Å². The first-order valence-electron chi connectivity index (χ1n) is 6.74. The summed E-state index contributed by atoms with van der Waals surface area (Å²) in [6.07, 6.45) is 0.894. The SMILES string of the molecule is CCOC(=O)CCCS(=O)(=O)Oc1ccc(Cl)c(CC)c1. The van der Waals surface area contributed by atoms with Crippen LogP contribution in [0, 0.1) is 0 Å². The standard InChI is InChI=1S/C14H19ClO5S/c1-3-11-10-12(7-8-13(11)15)20-21(17,18)9-5-6-14(16)19-4-2/h7-8,10H,3-6,9H2,1-2H3. The van der Waals surface area contributed by atoms with Crippen molar-refractivity contribution in [2.24, 2.45) is 0 Å². The van der Waals surface area contributed by atoms with Crippen LogP contribution in [0.5, 0.6) is 5.75 Å². The molecule has 1 aromatic rings. The molecule has 0 aliphatic rings. The number of carbonyl (C=O) groups is 1. The van der Waals surface area contributed by atoms with Crippen LogP contribution in [-0.2, 0) is 26.1 Å². The highest BCUT2D eigenvalue weighted by Crippen LogP contribution is 2.23. The predicted molar refractivity (Wildman–Crippen MR) is 81.1 cm³/mol. The Morgan fingerprint density at radius 2 is 2.00 bits per heavy atom. The molecule has 0 aliphatic carbocycles. The van der Waals surface area contributed by atoms with Crippen LogP contribution in [0.4, 0.5) is 0 Å². The molecule has 0 saturated carbocycles. The summed E-state index contributed by atoms with van der Waals surface area (Å²) in [6, 6.07) is 4.71. The third-order valence-corrected chi connectivity index (χ3v) is 4.31. The van der Waals surface area contributed by atoms with Crippen LogP contribution in [-0.4, -0.2) is 26.7 Å². The Bertz CT molecular complexity index is 583. The smallest absolute Gasteiger partial charge is 0.309 e. The molecule has 0 fully saturated rings. The minimum Gasteiger partial charge on any atom is -0.466 e. The third kappa shape index (κ3) is 6.35. The van der Waals surface area contributed by atoms with Crippen LogP contribution in [0.3, 0.4) is 0 Å². The lowest BCUT2D eigenvalue weighted by atomic mass is 10.2. The van der Waals surface area contributed by atoms with Crippen molar-refractivity contribution in [2.45, 2.75) is 33.1 Å². The summed E-state index contributed by atoms with van der Waals surface area (Å²) in [5.41, 5.74) is 0.816. The Balaban J connectivity index is 2.58. The zero-order chi connectivity index (χ0) is 15.9. The number of hydrogen-bond donors (Lipinski definition) is 0. The largest absolute Gasteiger partial charge is 0.466 e. The molecule has 1 aromatic carbocycles. The molecule has 7 heteroatoms. The predicted octanol–water partition coefficient (Wildman–Crippen LogP) is 2.95. The summed E-state index contributed by atoms with van der Waals surface area (Å²) in [5.74, 6) is -0.421. The number of rotatable bonds is 8. The van der Waals surface area contributed by atoms with Gasteiger partial charge in [0.2, 0.25) is 0 Å². The van der Waals surface area contributed by atoms with E-state index in [0.29, 0.717) is 11.4 Å². The van der Waals surface area contributed by atoms with Gasteiger partial charge in [0, 0.05) is 11.4 Å². The van der Waals surface area contributed by atoms with Crippen LogP contribution in [0.2, 0.25) is 5.02 Å². The van der Waals surface area contributed by atoms with Gasteiger partial charge in [0.15, 0.2) is 0 Å². The molecule has 0 heterocycles. The molecule has 0 aliphatic heterocycles. The normalized spacial score (nSPS) is 11.2. The molecule has 0 spiro atoms. The van der Waals surface area contributed by atoms with E-state index in [1.165, 1.54) is 6.07 Å². The van der Waals surface area contributed by atoms with Gasteiger partial charge in [-0.05, 0) is 43.5 Å². The Hall–Kier alpha value is -1.27. The second-order valence-electron chi connectivity index (χ2n) is 4.36. The highest BCUT2D eigenvalue weighted by Gasteiger charge is 2.15. The van der Waals surface area contributed by atoms with E-state index in [9.17, 15) is 13.2 Å². The van der Waals surface area contributed by atoms with Gasteiger partial charge in [-0.25, -0.2) is 0 Å². The molecule has 21 heavy (non-hydrogen) atoms. The van der Waals surface area contributed by atoms with Crippen molar-refractivity contribution in [3.63, 3.8) is 0 Å². The number of halogens is 1. The van der Waals surface area contributed by atoms with E-state index in [1.807, 2.05) is 6.92 Å². The average Bonchev–Trinajstić information content (AvgIpc) is 2.40. The lowest BCUT2D eigenvalue weighted by molar-refractivity contribution is -0.143. The van der Waals surface area contributed by atoms with Gasteiger partial charge < -0.3 is 8.92 Å². The molecular formula is C14H19ClO5S. The van der Waals surface area contributed by atoms with Crippen LogP contribution in [0.25, 0.3) is 0 Å². The fourth-order valence-corrected chi connectivity index (χ4v) is 2.92. The molecule has 0 N–H and O–H groups in total. The Morgan fingerprint density at radius 3 is 2.62 bits per heavy atom. The average molecular weight is 335 g/mol. The molecule has 0 atom stereocenters. The minimum absolute atomic E-state index is 0.0528. The number of hydrogen-bond acceptors (Lipinski definition) is 5. The first-order chi connectivity index (χ1) is 9.88. The lowest BCUT2D eigenvalue weighted by Gasteiger charge is -2.09. The minimum atomic E-state index is -3.73. The summed E-state index contributed by atoms with van der Waals surface area (Å²) in [4.78, 5) is 11.1. The second-order valence-corrected chi connectivity index (χ2v) is 6.46. The molecule has 118 valence electrons. The zero-order valence-electron chi connectivity index (χ0n) is 12.1. The fourth-order valence-electron chi connectivity index (χ4n) is 1.69. The van der Waals surface area contributed by atoms with Crippen molar-refractivity contribution in [1.82, 2.24) is 0 Å². The molecule has 0 bridgehead atoms. The Kier molecular flexibility index (Phi) is 6.98. The monoisotopic (exact) mass is 334 g/mol. The van der Waals surface area contributed by atoms with E-state index in [4.69, 9.17) is 20.5 Å². The van der Waals surface area contributed by atoms with Crippen molar-refractivity contribution in [1.29, 1.82) is 0 Å². The van der Waals surface area contributed by atoms with Gasteiger partial charge in [0.05, 0.1) is 12.4 Å². The number of esters is 1. The van der Waals surface area contributed by atoms with Gasteiger partial charge in [0.25, 0.3) is 0 Å². The van der Waals surface area contributed by atoms with Gasteiger partial charge in [0.1, 0.15) is 5.75 Å². The lowest BCUT2D eigenvalue weighted by Crippen LogP contribution is -2.15. The van der Waals surface area contributed by atoms with E-state index in [0.717, 1.165) is 5.56 Å². The van der Waals surface area contributed by atoms with Crippen molar-refractivity contribution < 1.29 is 22.1 Å². The number of carbonyl (C=O) groups excluding carboxylic acids is 1. The van der Waals surface area contributed by atoms with Gasteiger partial charge in [-0.1, -0.05) is 18.5 Å². The highest BCUT2D eigenvalue weighted by atomic mass is 35.5. The van der Waals surface area contributed by atoms with Crippen molar-refractivity contribution in [3.05, 3.63) is 28.8 Å². The van der Waals surface area contributed by atoms with Crippen LogP contribution in [0.15, 0.2) is 18.2 Å². The second kappa shape index (κ2) is 8.24. The van der Waals surface area contributed by atoms with Crippen LogP contribution < -0.4 is 4.18 Å². The first-order valence-corrected chi connectivity index (χ1v) is 8.69. The maximum atomic E-state index is 11.8. The third-order valence-electron chi connectivity index (χ3n) is 2.70. The Labute approximate surface area is 130 Å². The summed E-state index contributed by atoms with van der Waals surface area (Å²) in [6.45, 7) is 3.90. The van der Waals surface area contributed by atoms with E-state index in [2.05, 4.69) is 0 Å². The molecular weight excluding hydrogens is 316 g/mol. The van der Waals surface area contributed by atoms with Crippen molar-refractivity contribution >= 4 is 27.7 Å². The quantitative estimate of drug-likeness (QED) is 0.540. The van der Waals surface area contributed by atoms with Gasteiger partial charge in [-0.3, -0.25) is 4.79 Å². The summed E-state index contributed by atoms with van der Waals surface area (Å²) < 4.78 is 33.4. The van der Waals surface area contributed by atoms with E-state index < -0.39 is 16.1 Å². The fraction of sp³-hybridized carbons (Fsp3) is 0.500. The maximum absolute atomic E-state index is 11.8. The molecule has 0 amide bonds. The number of aryl methyl sites for hydroxylation is 1. The van der Waals surface area contributed by atoms with E-state index >= 15 is 0 Å². The zero-order valence-corrected chi connectivity index (χ0v) is 13.7. The molecule has 0 saturated heterocycles. The molecule has 0 aromatic heterocycles. The van der Waals surface area contributed by atoms with Crippen LogP contribution in [0.1, 0.15) is 32.3 Å². The summed E-state index contributed by atoms with van der Waals surface area (Å²) in [7, 11) is -3.73. The molecule has 1 rings (SSSR count). The first kappa shape index (κ1) is 17.8. The molecule has 0 radical (unpaired) electrons. The van der Waals surface area contributed by atoms with Gasteiger partial charge in [-0.15, -0.1) is 0 Å². The molecule has 0 unspecified atom stereocenters. The Morgan fingerprint density at radius 1 is 1.29 bits per heavy atom. The van der Waals surface area contributed by atoms with Crippen molar-refractivity contribution in [2.75, 3.05) is 12.4 Å².